The van der Waals surface area contributed by atoms with Crippen LogP contribution < -0.4 is 15.0 Å². The molecule has 7 nitrogen and oxygen atoms in total. The second kappa shape index (κ2) is 6.22. The molecule has 0 amide bonds. The van der Waals surface area contributed by atoms with Gasteiger partial charge in [0.2, 0.25) is 0 Å². The smallest absolute Gasteiger partial charge is 0.298 e. The monoisotopic (exact) mass is 372 g/mol. The lowest BCUT2D eigenvalue weighted by Crippen LogP contribution is -2.67. The molecule has 2 aromatic heterocycles. The number of fused-ring (bicyclic) bond motifs is 3. The van der Waals surface area contributed by atoms with Crippen LogP contribution in [0.2, 0.25) is 0 Å². The summed E-state index contributed by atoms with van der Waals surface area (Å²) in [5.74, 6) is 0.622. The van der Waals surface area contributed by atoms with Gasteiger partial charge in [0, 0.05) is 36.8 Å². The van der Waals surface area contributed by atoms with Gasteiger partial charge in [-0.1, -0.05) is 0 Å². The number of benzene rings is 1. The van der Waals surface area contributed by atoms with E-state index in [1.54, 1.807) is 24.5 Å². The summed E-state index contributed by atoms with van der Waals surface area (Å²) in [7, 11) is 0. The number of nitrogens with one attached hydrogen (secondary N) is 1. The number of oxazole rings is 1. The molecule has 0 spiro atoms. The summed E-state index contributed by atoms with van der Waals surface area (Å²) in [6, 6.07) is 5.49. The lowest BCUT2D eigenvalue weighted by atomic mass is 9.92. The van der Waals surface area contributed by atoms with E-state index < -0.39 is 6.10 Å². The van der Waals surface area contributed by atoms with E-state index in [-0.39, 0.29) is 6.61 Å². The standard InChI is InChI=1S/C18H20N4O3S/c1-10(23)9-24-14-3-2-13(17-19-4-5-26-17)16-15(14)21-18(25-16)22-7-11-6-12(8-22)20-11/h2-5,10-12,20,23H,6-9H2,1H3/t10-,11?,12?/m1/s1. The maximum atomic E-state index is 9.54. The Balaban J connectivity index is 1.57. The largest absolute Gasteiger partial charge is 0.488 e. The van der Waals surface area contributed by atoms with Crippen LogP contribution in [0.5, 0.6) is 5.75 Å². The minimum Gasteiger partial charge on any atom is -0.488 e. The van der Waals surface area contributed by atoms with Crippen molar-refractivity contribution in [1.29, 1.82) is 0 Å². The molecule has 0 saturated carbocycles. The lowest BCUT2D eigenvalue weighted by Gasteiger charge is -2.47. The van der Waals surface area contributed by atoms with Crippen molar-refractivity contribution >= 4 is 28.5 Å². The molecule has 3 aliphatic heterocycles. The zero-order chi connectivity index (χ0) is 17.7. The Labute approximate surface area is 154 Å². The number of ether oxygens (including phenoxy) is 1. The van der Waals surface area contributed by atoms with E-state index in [9.17, 15) is 5.11 Å². The zero-order valence-electron chi connectivity index (χ0n) is 14.4. The van der Waals surface area contributed by atoms with E-state index in [0.29, 0.717) is 34.9 Å². The number of piperidine rings is 1. The number of rotatable bonds is 5. The molecule has 136 valence electrons. The maximum absolute atomic E-state index is 9.54. The van der Waals surface area contributed by atoms with Gasteiger partial charge in [-0.2, -0.15) is 4.98 Å². The predicted molar refractivity (Wildman–Crippen MR) is 99.8 cm³/mol. The Morgan fingerprint density at radius 1 is 1.42 bits per heavy atom. The number of aliphatic hydroxyl groups is 1. The highest BCUT2D eigenvalue weighted by Gasteiger charge is 2.38. The third kappa shape index (κ3) is 2.74. The molecule has 3 aliphatic rings. The molecule has 26 heavy (non-hydrogen) atoms. The van der Waals surface area contributed by atoms with Crippen molar-refractivity contribution < 1.29 is 14.3 Å². The summed E-state index contributed by atoms with van der Waals surface area (Å²) >= 11 is 1.56. The first kappa shape index (κ1) is 16.0. The van der Waals surface area contributed by atoms with Crippen LogP contribution in [0, 0.1) is 0 Å². The summed E-state index contributed by atoms with van der Waals surface area (Å²) in [5, 5.41) is 15.9. The molecule has 0 radical (unpaired) electrons. The normalized spacial score (nSPS) is 23.1. The molecule has 3 saturated heterocycles. The number of anilines is 1. The van der Waals surface area contributed by atoms with Crippen LogP contribution in [-0.2, 0) is 0 Å². The fourth-order valence-electron chi connectivity index (χ4n) is 3.63. The summed E-state index contributed by atoms with van der Waals surface area (Å²) in [4.78, 5) is 11.3. The first-order chi connectivity index (χ1) is 12.7. The fraction of sp³-hybridized carbons (Fsp3) is 0.444. The highest BCUT2D eigenvalue weighted by molar-refractivity contribution is 7.13. The quantitative estimate of drug-likeness (QED) is 0.711. The van der Waals surface area contributed by atoms with E-state index in [0.717, 1.165) is 23.7 Å². The highest BCUT2D eigenvalue weighted by atomic mass is 32.1. The number of hydrogen-bond acceptors (Lipinski definition) is 8. The van der Waals surface area contributed by atoms with Gasteiger partial charge in [-0.25, -0.2) is 4.98 Å². The number of aromatic nitrogens is 2. The summed E-state index contributed by atoms with van der Waals surface area (Å²) in [6.45, 7) is 3.72. The topological polar surface area (TPSA) is 83.7 Å². The van der Waals surface area contributed by atoms with Gasteiger partial charge in [-0.3, -0.25) is 0 Å². The van der Waals surface area contributed by atoms with E-state index in [2.05, 4.69) is 15.2 Å². The summed E-state index contributed by atoms with van der Waals surface area (Å²) < 4.78 is 12.0. The van der Waals surface area contributed by atoms with Crippen LogP contribution in [0.1, 0.15) is 13.3 Å². The first-order valence-electron chi connectivity index (χ1n) is 8.82. The zero-order valence-corrected chi connectivity index (χ0v) is 15.2. The maximum Gasteiger partial charge on any atom is 0.298 e. The van der Waals surface area contributed by atoms with Crippen LogP contribution in [0.4, 0.5) is 6.01 Å². The van der Waals surface area contributed by atoms with Gasteiger partial charge < -0.3 is 24.5 Å². The van der Waals surface area contributed by atoms with Crippen molar-refractivity contribution in [2.24, 2.45) is 0 Å². The van der Waals surface area contributed by atoms with Gasteiger partial charge in [0.25, 0.3) is 6.01 Å². The molecule has 3 atom stereocenters. The van der Waals surface area contributed by atoms with E-state index in [1.165, 1.54) is 6.42 Å². The van der Waals surface area contributed by atoms with Crippen molar-refractivity contribution in [3.8, 4) is 16.3 Å². The Hall–Kier alpha value is -2.16. The van der Waals surface area contributed by atoms with Crippen LogP contribution in [0.15, 0.2) is 28.1 Å². The van der Waals surface area contributed by atoms with Crippen molar-refractivity contribution in [3.05, 3.63) is 23.7 Å². The molecule has 3 aromatic rings. The molecule has 8 heteroatoms. The van der Waals surface area contributed by atoms with Crippen molar-refractivity contribution in [1.82, 2.24) is 15.3 Å². The summed E-state index contributed by atoms with van der Waals surface area (Å²) in [6.07, 6.45) is 2.46. The van der Waals surface area contributed by atoms with Crippen molar-refractivity contribution in [2.45, 2.75) is 31.5 Å². The minimum absolute atomic E-state index is 0.214. The van der Waals surface area contributed by atoms with E-state index >= 15 is 0 Å². The Morgan fingerprint density at radius 3 is 2.92 bits per heavy atom. The molecule has 0 aliphatic carbocycles. The molecule has 1 aromatic carbocycles. The average molecular weight is 372 g/mol. The Bertz CT molecular complexity index is 908. The molecule has 2 N–H and O–H groups in total. The molecule has 5 heterocycles. The Morgan fingerprint density at radius 2 is 2.23 bits per heavy atom. The van der Waals surface area contributed by atoms with Gasteiger partial charge in [0.1, 0.15) is 17.4 Å². The molecular formula is C18H20N4O3S. The second-order valence-electron chi connectivity index (χ2n) is 6.98. The fourth-order valence-corrected chi connectivity index (χ4v) is 4.29. The van der Waals surface area contributed by atoms with Gasteiger partial charge in [-0.05, 0) is 25.5 Å². The molecule has 6 rings (SSSR count). The van der Waals surface area contributed by atoms with Gasteiger partial charge in [0.05, 0.1) is 11.7 Å². The average Bonchev–Trinajstić information content (AvgIpc) is 3.29. The first-order valence-corrected chi connectivity index (χ1v) is 9.70. The number of piperazine rings is 1. The number of thiazole rings is 1. The third-order valence-corrected chi connectivity index (χ3v) is 5.64. The predicted octanol–water partition coefficient (Wildman–Crippen LogP) is 2.26. The van der Waals surface area contributed by atoms with E-state index in [1.807, 2.05) is 17.5 Å². The molecule has 3 fully saturated rings. The third-order valence-electron chi connectivity index (χ3n) is 4.83. The van der Waals surface area contributed by atoms with Crippen LogP contribution in [0.25, 0.3) is 21.7 Å². The van der Waals surface area contributed by atoms with Crippen LogP contribution in [-0.4, -0.2) is 53.0 Å². The lowest BCUT2D eigenvalue weighted by molar-refractivity contribution is 0.123. The van der Waals surface area contributed by atoms with Crippen molar-refractivity contribution in [3.63, 3.8) is 0 Å². The number of nitrogens with zero attached hydrogens (tertiary/aromatic N) is 3. The van der Waals surface area contributed by atoms with Gasteiger partial charge >= 0.3 is 0 Å². The second-order valence-corrected chi connectivity index (χ2v) is 7.88. The Kier molecular flexibility index (Phi) is 3.84. The SMILES string of the molecule is C[C@@H](O)COc1ccc(-c2nccs2)c2oc(N3CC4CC(C3)N4)nc12. The molecule has 2 unspecified atom stereocenters. The van der Waals surface area contributed by atoms with Crippen molar-refractivity contribution in [2.75, 3.05) is 24.6 Å². The highest BCUT2D eigenvalue weighted by Crippen LogP contribution is 2.38. The van der Waals surface area contributed by atoms with E-state index in [4.69, 9.17) is 14.1 Å². The van der Waals surface area contributed by atoms with Crippen LogP contribution in [0.3, 0.4) is 0 Å². The molecule has 2 bridgehead atoms. The minimum atomic E-state index is -0.546. The number of aliphatic hydroxyl groups excluding tert-OH is 1. The van der Waals surface area contributed by atoms with Gasteiger partial charge in [-0.15, -0.1) is 11.3 Å². The van der Waals surface area contributed by atoms with Crippen LogP contribution >= 0.6 is 11.3 Å². The van der Waals surface area contributed by atoms with Gasteiger partial charge in [0.15, 0.2) is 11.1 Å². The molecular weight excluding hydrogens is 352 g/mol. The number of hydrogen-bond donors (Lipinski definition) is 2. The summed E-state index contributed by atoms with van der Waals surface area (Å²) in [5.41, 5.74) is 2.28.